The summed E-state index contributed by atoms with van der Waals surface area (Å²) in [5.74, 6) is -1.10. The highest BCUT2D eigenvalue weighted by molar-refractivity contribution is 7.89. The van der Waals surface area contributed by atoms with Crippen LogP contribution in [-0.2, 0) is 14.8 Å². The van der Waals surface area contributed by atoms with Gasteiger partial charge in [-0.3, -0.25) is 4.79 Å². The summed E-state index contributed by atoms with van der Waals surface area (Å²) in [5, 5.41) is 4.35. The molecule has 10 heteroatoms. The number of ether oxygens (including phenoxy) is 1. The van der Waals surface area contributed by atoms with Crippen LogP contribution in [-0.4, -0.2) is 44.8 Å². The fraction of sp³-hybridized carbons (Fsp3) is 0.368. The van der Waals surface area contributed by atoms with Crippen LogP contribution in [0.5, 0.6) is 0 Å². The van der Waals surface area contributed by atoms with E-state index in [1.807, 2.05) is 0 Å². The number of benzene rings is 1. The first-order chi connectivity index (χ1) is 13.8. The third kappa shape index (κ3) is 4.80. The molecule has 0 aliphatic carbocycles. The Morgan fingerprint density at radius 2 is 1.83 bits per heavy atom. The van der Waals surface area contributed by atoms with E-state index in [1.54, 1.807) is 11.4 Å². The minimum absolute atomic E-state index is 0.0663. The Morgan fingerprint density at radius 1 is 1.14 bits per heavy atom. The lowest BCUT2D eigenvalue weighted by molar-refractivity contribution is 0.0607. The van der Waals surface area contributed by atoms with E-state index in [-0.39, 0.29) is 20.4 Å². The normalized spacial score (nSPS) is 15.5. The smallest absolute Gasteiger partial charge is 0.350 e. The van der Waals surface area contributed by atoms with Gasteiger partial charge < -0.3 is 10.1 Å². The molecule has 1 aromatic carbocycles. The van der Waals surface area contributed by atoms with Crippen molar-refractivity contribution < 1.29 is 22.7 Å². The van der Waals surface area contributed by atoms with Crippen molar-refractivity contribution in [3.63, 3.8) is 0 Å². The molecule has 1 aliphatic heterocycles. The van der Waals surface area contributed by atoms with Crippen LogP contribution < -0.4 is 5.32 Å². The van der Waals surface area contributed by atoms with Crippen LogP contribution >= 0.6 is 22.9 Å². The predicted octanol–water partition coefficient (Wildman–Crippen LogP) is 4.01. The maximum atomic E-state index is 13.1. The first-order valence-corrected chi connectivity index (χ1v) is 11.8. The number of methoxy groups -OCH3 is 1. The predicted molar refractivity (Wildman–Crippen MR) is 112 cm³/mol. The fourth-order valence-electron chi connectivity index (χ4n) is 3.12. The van der Waals surface area contributed by atoms with Gasteiger partial charge in [0.25, 0.3) is 5.91 Å². The zero-order valence-corrected chi connectivity index (χ0v) is 18.2. The number of amides is 1. The molecule has 1 fully saturated rings. The van der Waals surface area contributed by atoms with Crippen LogP contribution in [0, 0.1) is 0 Å². The van der Waals surface area contributed by atoms with Crippen molar-refractivity contribution in [3.05, 3.63) is 45.1 Å². The van der Waals surface area contributed by atoms with Crippen LogP contribution in [0.1, 0.15) is 45.7 Å². The topological polar surface area (TPSA) is 92.8 Å². The van der Waals surface area contributed by atoms with Gasteiger partial charge in [-0.1, -0.05) is 24.4 Å². The van der Waals surface area contributed by atoms with Crippen molar-refractivity contribution in [1.29, 1.82) is 0 Å². The van der Waals surface area contributed by atoms with E-state index in [0.29, 0.717) is 18.8 Å². The molecule has 0 spiro atoms. The van der Waals surface area contributed by atoms with E-state index in [1.165, 1.54) is 29.6 Å². The molecule has 0 unspecified atom stereocenters. The number of esters is 1. The van der Waals surface area contributed by atoms with Gasteiger partial charge >= 0.3 is 5.97 Å². The third-order valence-corrected chi connectivity index (χ3v) is 7.94. The Bertz CT molecular complexity index is 1010. The number of sulfonamides is 1. The summed E-state index contributed by atoms with van der Waals surface area (Å²) in [6.45, 7) is 0.874. The van der Waals surface area contributed by atoms with Crippen LogP contribution in [0.25, 0.3) is 0 Å². The molecule has 29 heavy (non-hydrogen) atoms. The van der Waals surface area contributed by atoms with Crippen LogP contribution in [0.15, 0.2) is 34.5 Å². The average Bonchev–Trinajstić information content (AvgIpc) is 2.98. The maximum Gasteiger partial charge on any atom is 0.350 e. The molecule has 156 valence electrons. The highest BCUT2D eigenvalue weighted by Crippen LogP contribution is 2.29. The number of hydrogen-bond donors (Lipinski definition) is 1. The largest absolute Gasteiger partial charge is 0.465 e. The Kier molecular flexibility index (Phi) is 6.94. The number of halogens is 1. The molecule has 1 aromatic heterocycles. The molecular formula is C19H21ClN2O5S2. The summed E-state index contributed by atoms with van der Waals surface area (Å²) in [6, 6.07) is 5.71. The van der Waals surface area contributed by atoms with E-state index in [2.05, 4.69) is 5.32 Å². The van der Waals surface area contributed by atoms with Gasteiger partial charge in [-0.15, -0.1) is 11.3 Å². The number of nitrogens with one attached hydrogen (secondary N) is 1. The molecule has 1 amide bonds. The van der Waals surface area contributed by atoms with Crippen molar-refractivity contribution in [3.8, 4) is 0 Å². The van der Waals surface area contributed by atoms with Gasteiger partial charge in [0.15, 0.2) is 0 Å². The number of hydrogen-bond acceptors (Lipinski definition) is 6. The number of nitrogens with zero attached hydrogens (tertiary/aromatic N) is 1. The average molecular weight is 457 g/mol. The molecule has 0 bridgehead atoms. The lowest BCUT2D eigenvalue weighted by atomic mass is 10.2. The molecule has 1 saturated heterocycles. The number of carbonyl (C=O) groups is 2. The number of rotatable bonds is 5. The van der Waals surface area contributed by atoms with Crippen molar-refractivity contribution >= 4 is 50.5 Å². The Hall–Kier alpha value is -1.94. The monoisotopic (exact) mass is 456 g/mol. The second-order valence-electron chi connectivity index (χ2n) is 6.57. The minimum Gasteiger partial charge on any atom is -0.465 e. The second kappa shape index (κ2) is 9.25. The highest BCUT2D eigenvalue weighted by atomic mass is 35.5. The SMILES string of the molecule is COC(=O)c1sccc1NC(=O)c1ccc(Cl)c(S(=O)(=O)N2CCCCCC2)c1. The molecule has 1 N–H and O–H groups in total. The van der Waals surface area contributed by atoms with E-state index < -0.39 is 21.9 Å². The van der Waals surface area contributed by atoms with Crippen molar-refractivity contribution in [1.82, 2.24) is 4.31 Å². The quantitative estimate of drug-likeness (QED) is 0.686. The van der Waals surface area contributed by atoms with E-state index in [9.17, 15) is 18.0 Å². The second-order valence-corrected chi connectivity index (χ2v) is 9.80. The Labute approximate surface area is 178 Å². The minimum atomic E-state index is -3.81. The van der Waals surface area contributed by atoms with Crippen molar-refractivity contribution in [2.75, 3.05) is 25.5 Å². The lowest BCUT2D eigenvalue weighted by Gasteiger charge is -2.21. The van der Waals surface area contributed by atoms with Gasteiger partial charge in [-0.05, 0) is 42.5 Å². The molecule has 2 aromatic rings. The van der Waals surface area contributed by atoms with Gasteiger partial charge in [0.05, 0.1) is 17.8 Å². The number of carbonyl (C=O) groups excluding carboxylic acids is 2. The molecule has 0 radical (unpaired) electrons. The van der Waals surface area contributed by atoms with Gasteiger partial charge in [0.1, 0.15) is 9.77 Å². The molecule has 7 nitrogen and oxygen atoms in total. The van der Waals surface area contributed by atoms with Crippen LogP contribution in [0.2, 0.25) is 5.02 Å². The summed E-state index contributed by atoms with van der Waals surface area (Å²) in [5.41, 5.74) is 0.434. The first kappa shape index (κ1) is 21.8. The number of thiophene rings is 1. The van der Waals surface area contributed by atoms with E-state index in [0.717, 1.165) is 37.0 Å². The number of anilines is 1. The van der Waals surface area contributed by atoms with Crippen LogP contribution in [0.3, 0.4) is 0 Å². The van der Waals surface area contributed by atoms with Gasteiger partial charge in [-0.2, -0.15) is 4.31 Å². The summed E-state index contributed by atoms with van der Waals surface area (Å²) >= 11 is 7.31. The van der Waals surface area contributed by atoms with E-state index in [4.69, 9.17) is 16.3 Å². The van der Waals surface area contributed by atoms with Gasteiger partial charge in [-0.25, -0.2) is 13.2 Å². The summed E-state index contributed by atoms with van der Waals surface area (Å²) in [7, 11) is -2.55. The molecule has 3 rings (SSSR count). The summed E-state index contributed by atoms with van der Waals surface area (Å²) in [6.07, 6.45) is 3.58. The molecule has 0 saturated carbocycles. The zero-order valence-electron chi connectivity index (χ0n) is 15.8. The maximum absolute atomic E-state index is 13.1. The molecule has 2 heterocycles. The van der Waals surface area contributed by atoms with Gasteiger partial charge in [0, 0.05) is 18.7 Å². The first-order valence-electron chi connectivity index (χ1n) is 9.11. The molecule has 0 atom stereocenters. The van der Waals surface area contributed by atoms with Crippen LogP contribution in [0.4, 0.5) is 5.69 Å². The Morgan fingerprint density at radius 3 is 2.48 bits per heavy atom. The molecular weight excluding hydrogens is 436 g/mol. The summed E-state index contributed by atoms with van der Waals surface area (Å²) < 4.78 is 32.3. The highest BCUT2D eigenvalue weighted by Gasteiger charge is 2.28. The van der Waals surface area contributed by atoms with Crippen molar-refractivity contribution in [2.45, 2.75) is 30.6 Å². The zero-order chi connectivity index (χ0) is 21.0. The van der Waals surface area contributed by atoms with Gasteiger partial charge in [0.2, 0.25) is 10.0 Å². The fourth-order valence-corrected chi connectivity index (χ4v) is 5.90. The molecule has 1 aliphatic rings. The third-order valence-electron chi connectivity index (χ3n) is 4.66. The standard InChI is InChI=1S/C19H21ClN2O5S2/c1-27-19(24)17-15(8-11-28-17)21-18(23)13-6-7-14(20)16(12-13)29(25,26)22-9-4-2-3-5-10-22/h6-8,11-12H,2-5,9-10H2,1H3,(H,21,23). The Balaban J connectivity index is 1.88. The van der Waals surface area contributed by atoms with Crippen molar-refractivity contribution in [2.24, 2.45) is 0 Å². The summed E-state index contributed by atoms with van der Waals surface area (Å²) in [4.78, 5) is 24.6. The van der Waals surface area contributed by atoms with E-state index >= 15 is 0 Å². The lowest BCUT2D eigenvalue weighted by Crippen LogP contribution is -2.32.